The molecule has 3 aromatic rings. The van der Waals surface area contributed by atoms with Gasteiger partial charge in [-0.1, -0.05) is 18.2 Å². The molecule has 1 N–H and O–H groups in total. The highest BCUT2D eigenvalue weighted by molar-refractivity contribution is 5.82. The second-order valence-electron chi connectivity index (χ2n) is 3.96. The Balaban J connectivity index is 2.02. The Kier molecular flexibility index (Phi) is 2.74. The normalized spacial score (nSPS) is 10.9. The van der Waals surface area contributed by atoms with Crippen LogP contribution in [0.1, 0.15) is 5.82 Å². The monoisotopic (exact) mass is 240 g/mol. The molecule has 18 heavy (non-hydrogen) atoms. The maximum absolute atomic E-state index is 5.00. The Morgan fingerprint density at radius 3 is 3.06 bits per heavy atom. The number of nitrogens with one attached hydrogen (secondary N) is 1. The summed E-state index contributed by atoms with van der Waals surface area (Å²) in [5, 5.41) is 8.07. The molecular weight excluding hydrogens is 228 g/mol. The van der Waals surface area contributed by atoms with Gasteiger partial charge in [-0.15, -0.1) is 0 Å². The molecule has 90 valence electrons. The van der Waals surface area contributed by atoms with E-state index < -0.39 is 0 Å². The van der Waals surface area contributed by atoms with Gasteiger partial charge < -0.3 is 4.74 Å². The van der Waals surface area contributed by atoms with Gasteiger partial charge in [-0.2, -0.15) is 5.10 Å². The van der Waals surface area contributed by atoms with Crippen LogP contribution in [0, 0.1) is 0 Å². The highest BCUT2D eigenvalue weighted by Gasteiger charge is 2.06. The number of rotatable bonds is 3. The van der Waals surface area contributed by atoms with Gasteiger partial charge in [0.05, 0.1) is 5.52 Å². The molecule has 2 aromatic heterocycles. The number of nitrogens with zero attached hydrogens (tertiary/aromatic N) is 3. The van der Waals surface area contributed by atoms with E-state index in [-0.39, 0.29) is 0 Å². The summed E-state index contributed by atoms with van der Waals surface area (Å²) in [7, 11) is 1.62. The van der Waals surface area contributed by atoms with Gasteiger partial charge in [0.1, 0.15) is 6.61 Å². The number of benzene rings is 1. The average Bonchev–Trinajstić information content (AvgIpc) is 2.87. The van der Waals surface area contributed by atoms with Crippen molar-refractivity contribution in [2.45, 2.75) is 6.61 Å². The number of aromatic nitrogens is 4. The second kappa shape index (κ2) is 4.54. The Bertz CT molecular complexity index is 677. The Labute approximate surface area is 104 Å². The molecule has 0 saturated carbocycles. The van der Waals surface area contributed by atoms with E-state index in [0.717, 1.165) is 16.5 Å². The number of H-pyrrole nitrogens is 1. The SMILES string of the molecule is COCc1nc(-c2cnc3ccccc3c2)n[nH]1. The first-order valence-electron chi connectivity index (χ1n) is 5.62. The van der Waals surface area contributed by atoms with Gasteiger partial charge in [-0.25, -0.2) is 4.98 Å². The van der Waals surface area contributed by atoms with E-state index in [1.807, 2.05) is 30.3 Å². The standard InChI is InChI=1S/C13H12N4O/c1-18-8-12-15-13(17-16-12)10-6-9-4-2-3-5-11(9)14-7-10/h2-7H,8H2,1H3,(H,15,16,17). The average molecular weight is 240 g/mol. The van der Waals surface area contributed by atoms with Crippen LogP contribution in [0.15, 0.2) is 36.5 Å². The van der Waals surface area contributed by atoms with Gasteiger partial charge in [-0.05, 0) is 12.1 Å². The van der Waals surface area contributed by atoms with Crippen LogP contribution in [0.4, 0.5) is 0 Å². The number of ether oxygens (including phenoxy) is 1. The van der Waals surface area contributed by atoms with Crippen molar-refractivity contribution in [2.24, 2.45) is 0 Å². The van der Waals surface area contributed by atoms with Crippen LogP contribution in [0.2, 0.25) is 0 Å². The molecule has 0 aliphatic rings. The summed E-state index contributed by atoms with van der Waals surface area (Å²) >= 11 is 0. The lowest BCUT2D eigenvalue weighted by molar-refractivity contribution is 0.178. The summed E-state index contributed by atoms with van der Waals surface area (Å²) in [5.41, 5.74) is 1.86. The summed E-state index contributed by atoms with van der Waals surface area (Å²) in [6, 6.07) is 9.99. The van der Waals surface area contributed by atoms with Gasteiger partial charge in [0, 0.05) is 24.3 Å². The predicted octanol–water partition coefficient (Wildman–Crippen LogP) is 2.17. The maximum Gasteiger partial charge on any atom is 0.182 e. The fourth-order valence-electron chi connectivity index (χ4n) is 1.82. The van der Waals surface area contributed by atoms with Crippen molar-refractivity contribution in [3.05, 3.63) is 42.4 Å². The Morgan fingerprint density at radius 2 is 2.17 bits per heavy atom. The van der Waals surface area contributed by atoms with Gasteiger partial charge >= 0.3 is 0 Å². The molecule has 0 bridgehead atoms. The van der Waals surface area contributed by atoms with E-state index in [4.69, 9.17) is 4.74 Å². The van der Waals surface area contributed by atoms with Gasteiger partial charge in [0.15, 0.2) is 11.6 Å². The highest BCUT2D eigenvalue weighted by atomic mass is 16.5. The molecule has 0 radical (unpaired) electrons. The molecule has 1 aromatic carbocycles. The number of para-hydroxylation sites is 1. The zero-order valence-corrected chi connectivity index (χ0v) is 9.92. The van der Waals surface area contributed by atoms with Crippen LogP contribution in [-0.4, -0.2) is 27.3 Å². The topological polar surface area (TPSA) is 63.7 Å². The summed E-state index contributed by atoms with van der Waals surface area (Å²) in [4.78, 5) is 8.73. The van der Waals surface area contributed by atoms with E-state index in [9.17, 15) is 0 Å². The molecule has 0 aliphatic heterocycles. The van der Waals surface area contributed by atoms with Crippen molar-refractivity contribution in [1.82, 2.24) is 20.2 Å². The first-order valence-corrected chi connectivity index (χ1v) is 5.62. The molecule has 2 heterocycles. The van der Waals surface area contributed by atoms with Crippen molar-refractivity contribution in [3.63, 3.8) is 0 Å². The molecule has 0 amide bonds. The van der Waals surface area contributed by atoms with Gasteiger partial charge in [-0.3, -0.25) is 10.1 Å². The Morgan fingerprint density at radius 1 is 1.28 bits per heavy atom. The van der Waals surface area contributed by atoms with Crippen molar-refractivity contribution in [2.75, 3.05) is 7.11 Å². The van der Waals surface area contributed by atoms with E-state index in [0.29, 0.717) is 18.3 Å². The smallest absolute Gasteiger partial charge is 0.182 e. The van der Waals surface area contributed by atoms with Crippen molar-refractivity contribution < 1.29 is 4.74 Å². The first kappa shape index (κ1) is 10.9. The fourth-order valence-corrected chi connectivity index (χ4v) is 1.82. The van der Waals surface area contributed by atoms with E-state index in [2.05, 4.69) is 20.2 Å². The third-order valence-corrected chi connectivity index (χ3v) is 2.66. The minimum atomic E-state index is 0.425. The first-order chi connectivity index (χ1) is 8.86. The predicted molar refractivity (Wildman–Crippen MR) is 67.8 cm³/mol. The van der Waals surface area contributed by atoms with Crippen LogP contribution in [0.25, 0.3) is 22.3 Å². The lowest BCUT2D eigenvalue weighted by atomic mass is 10.1. The molecule has 0 spiro atoms. The van der Waals surface area contributed by atoms with Crippen LogP contribution >= 0.6 is 0 Å². The second-order valence-corrected chi connectivity index (χ2v) is 3.96. The van der Waals surface area contributed by atoms with Crippen molar-refractivity contribution in [1.29, 1.82) is 0 Å². The molecule has 5 heteroatoms. The lowest BCUT2D eigenvalue weighted by Crippen LogP contribution is -1.89. The van der Waals surface area contributed by atoms with E-state index >= 15 is 0 Å². The number of methoxy groups -OCH3 is 1. The zero-order valence-electron chi connectivity index (χ0n) is 9.92. The summed E-state index contributed by atoms with van der Waals surface area (Å²) in [5.74, 6) is 1.35. The third kappa shape index (κ3) is 1.96. The van der Waals surface area contributed by atoms with Crippen molar-refractivity contribution in [3.8, 4) is 11.4 Å². The highest BCUT2D eigenvalue weighted by Crippen LogP contribution is 2.19. The van der Waals surface area contributed by atoms with Crippen LogP contribution in [0.5, 0.6) is 0 Å². The minimum absolute atomic E-state index is 0.425. The summed E-state index contributed by atoms with van der Waals surface area (Å²) in [6.45, 7) is 0.425. The quantitative estimate of drug-likeness (QED) is 0.762. The van der Waals surface area contributed by atoms with E-state index in [1.54, 1.807) is 13.3 Å². The fraction of sp³-hybridized carbons (Fsp3) is 0.154. The van der Waals surface area contributed by atoms with Crippen LogP contribution in [0.3, 0.4) is 0 Å². The largest absolute Gasteiger partial charge is 0.377 e. The number of hydrogen-bond acceptors (Lipinski definition) is 4. The lowest BCUT2D eigenvalue weighted by Gasteiger charge is -1.98. The maximum atomic E-state index is 5.00. The molecule has 0 fully saturated rings. The molecule has 0 aliphatic carbocycles. The van der Waals surface area contributed by atoms with E-state index in [1.165, 1.54) is 0 Å². The molecule has 0 saturated heterocycles. The zero-order chi connectivity index (χ0) is 12.4. The molecular formula is C13H12N4O. The molecule has 0 atom stereocenters. The molecule has 5 nitrogen and oxygen atoms in total. The molecule has 3 rings (SSSR count). The van der Waals surface area contributed by atoms with Crippen LogP contribution in [-0.2, 0) is 11.3 Å². The minimum Gasteiger partial charge on any atom is -0.377 e. The number of aromatic amines is 1. The summed E-state index contributed by atoms with van der Waals surface area (Å²) < 4.78 is 5.00. The summed E-state index contributed by atoms with van der Waals surface area (Å²) in [6.07, 6.45) is 1.78. The molecule has 0 unspecified atom stereocenters. The number of hydrogen-bond donors (Lipinski definition) is 1. The number of fused-ring (bicyclic) bond motifs is 1. The number of pyridine rings is 1. The van der Waals surface area contributed by atoms with Gasteiger partial charge in [0.2, 0.25) is 0 Å². The third-order valence-electron chi connectivity index (χ3n) is 2.66. The van der Waals surface area contributed by atoms with Crippen LogP contribution < -0.4 is 0 Å². The van der Waals surface area contributed by atoms with Crippen molar-refractivity contribution >= 4 is 10.9 Å². The van der Waals surface area contributed by atoms with Gasteiger partial charge in [0.25, 0.3) is 0 Å². The Hall–Kier alpha value is -2.27.